The van der Waals surface area contributed by atoms with E-state index in [4.69, 9.17) is 11.6 Å². The van der Waals surface area contributed by atoms with Gasteiger partial charge in [0.25, 0.3) is 5.91 Å². The van der Waals surface area contributed by atoms with Crippen molar-refractivity contribution in [1.29, 1.82) is 0 Å². The third kappa shape index (κ3) is 3.29. The van der Waals surface area contributed by atoms with Crippen LogP contribution in [0.15, 0.2) is 6.07 Å². The van der Waals surface area contributed by atoms with Crippen molar-refractivity contribution in [3.8, 4) is 0 Å². The Morgan fingerprint density at radius 1 is 1.35 bits per heavy atom. The number of nitrogens with one attached hydrogen (secondary N) is 1. The molecule has 2 aromatic heterocycles. The van der Waals surface area contributed by atoms with Gasteiger partial charge >= 0.3 is 0 Å². The molecule has 0 aliphatic rings. The number of aromatic nitrogens is 4. The van der Waals surface area contributed by atoms with Crippen LogP contribution < -0.4 is 5.32 Å². The van der Waals surface area contributed by atoms with Gasteiger partial charge in [0.2, 0.25) is 5.95 Å². The monoisotopic (exact) mass is 311 g/mol. The highest BCUT2D eigenvalue weighted by Crippen LogP contribution is 2.26. The summed E-state index contributed by atoms with van der Waals surface area (Å²) < 4.78 is 3.85. The SMILES string of the molecule is Cc1cc(Cl)nc(NC(=O)c2snnc2C(C)(C)C)n1. The highest BCUT2D eigenvalue weighted by atomic mass is 35.5. The number of halogens is 1. The molecule has 2 rings (SSSR count). The molecule has 2 heterocycles. The van der Waals surface area contributed by atoms with Crippen molar-refractivity contribution in [2.24, 2.45) is 0 Å². The van der Waals surface area contributed by atoms with Crippen molar-refractivity contribution in [2.45, 2.75) is 33.1 Å². The minimum atomic E-state index is -0.327. The van der Waals surface area contributed by atoms with Crippen molar-refractivity contribution < 1.29 is 4.79 Å². The summed E-state index contributed by atoms with van der Waals surface area (Å²) in [7, 11) is 0. The largest absolute Gasteiger partial charge is 0.290 e. The van der Waals surface area contributed by atoms with Crippen molar-refractivity contribution in [2.75, 3.05) is 5.32 Å². The van der Waals surface area contributed by atoms with Gasteiger partial charge in [-0.3, -0.25) is 10.1 Å². The third-order valence-electron chi connectivity index (χ3n) is 2.45. The lowest BCUT2D eigenvalue weighted by Crippen LogP contribution is -2.20. The molecule has 2 aromatic rings. The van der Waals surface area contributed by atoms with Crippen LogP contribution in [0.1, 0.15) is 41.8 Å². The fourth-order valence-corrected chi connectivity index (χ4v) is 2.58. The van der Waals surface area contributed by atoms with E-state index in [0.717, 1.165) is 11.5 Å². The first kappa shape index (κ1) is 14.8. The Labute approximate surface area is 125 Å². The maximum absolute atomic E-state index is 12.3. The quantitative estimate of drug-likeness (QED) is 0.863. The zero-order valence-electron chi connectivity index (χ0n) is 11.6. The van der Waals surface area contributed by atoms with Crippen LogP contribution in [0.2, 0.25) is 5.15 Å². The fraction of sp³-hybridized carbons (Fsp3) is 0.417. The second-order valence-corrected chi connectivity index (χ2v) is 6.45. The Morgan fingerprint density at radius 3 is 2.65 bits per heavy atom. The summed E-state index contributed by atoms with van der Waals surface area (Å²) in [4.78, 5) is 20.8. The maximum atomic E-state index is 12.3. The predicted octanol–water partition coefficient (Wildman–Crippen LogP) is 2.84. The molecular weight excluding hydrogens is 298 g/mol. The molecule has 0 aliphatic carbocycles. The molecule has 0 radical (unpaired) electrons. The Balaban J connectivity index is 2.27. The zero-order valence-corrected chi connectivity index (χ0v) is 13.1. The van der Waals surface area contributed by atoms with Gasteiger partial charge in [-0.2, -0.15) is 0 Å². The molecule has 0 bridgehead atoms. The molecule has 1 amide bonds. The fourth-order valence-electron chi connectivity index (χ4n) is 1.57. The lowest BCUT2D eigenvalue weighted by molar-refractivity contribution is 0.102. The van der Waals surface area contributed by atoms with Crippen LogP contribution in [0.25, 0.3) is 0 Å². The van der Waals surface area contributed by atoms with Gasteiger partial charge in [0.15, 0.2) is 0 Å². The number of anilines is 1. The van der Waals surface area contributed by atoms with E-state index in [1.165, 1.54) is 0 Å². The normalized spacial score (nSPS) is 11.4. The molecule has 0 spiro atoms. The Kier molecular flexibility index (Phi) is 4.01. The summed E-state index contributed by atoms with van der Waals surface area (Å²) in [5.74, 6) is -0.153. The molecule has 6 nitrogen and oxygen atoms in total. The lowest BCUT2D eigenvalue weighted by Gasteiger charge is -2.15. The van der Waals surface area contributed by atoms with E-state index < -0.39 is 0 Å². The van der Waals surface area contributed by atoms with Gasteiger partial charge in [0.05, 0.1) is 5.69 Å². The second kappa shape index (κ2) is 5.41. The number of amides is 1. The highest BCUT2D eigenvalue weighted by molar-refractivity contribution is 7.08. The first-order valence-electron chi connectivity index (χ1n) is 5.93. The van der Waals surface area contributed by atoms with Crippen molar-refractivity contribution in [1.82, 2.24) is 19.6 Å². The molecule has 20 heavy (non-hydrogen) atoms. The number of nitrogens with zero attached hydrogens (tertiary/aromatic N) is 4. The predicted molar refractivity (Wildman–Crippen MR) is 78.3 cm³/mol. The molecule has 0 unspecified atom stereocenters. The van der Waals surface area contributed by atoms with E-state index in [1.807, 2.05) is 20.8 Å². The summed E-state index contributed by atoms with van der Waals surface area (Å²) in [5, 5.41) is 6.93. The molecule has 0 fully saturated rings. The first-order chi connectivity index (χ1) is 9.27. The van der Waals surface area contributed by atoms with Gasteiger partial charge in [-0.25, -0.2) is 9.97 Å². The van der Waals surface area contributed by atoms with Crippen LogP contribution in [0.3, 0.4) is 0 Å². The van der Waals surface area contributed by atoms with Gasteiger partial charge in [0, 0.05) is 11.1 Å². The summed E-state index contributed by atoms with van der Waals surface area (Å²) in [6.45, 7) is 7.69. The van der Waals surface area contributed by atoms with Gasteiger partial charge < -0.3 is 0 Å². The number of hydrogen-bond acceptors (Lipinski definition) is 6. The summed E-state index contributed by atoms with van der Waals surface area (Å²) in [5.41, 5.74) is 1.07. The molecule has 1 N–H and O–H groups in total. The first-order valence-corrected chi connectivity index (χ1v) is 7.08. The summed E-state index contributed by atoms with van der Waals surface area (Å²) in [6.07, 6.45) is 0. The maximum Gasteiger partial charge on any atom is 0.271 e. The van der Waals surface area contributed by atoms with Gasteiger partial charge in [0.1, 0.15) is 10.0 Å². The van der Waals surface area contributed by atoms with Crippen LogP contribution in [-0.2, 0) is 5.41 Å². The number of carbonyl (C=O) groups excluding carboxylic acids is 1. The van der Waals surface area contributed by atoms with Crippen LogP contribution in [0, 0.1) is 6.92 Å². The molecule has 0 saturated heterocycles. The zero-order chi connectivity index (χ0) is 14.9. The van der Waals surface area contributed by atoms with Crippen molar-refractivity contribution in [3.05, 3.63) is 27.5 Å². The van der Waals surface area contributed by atoms with Crippen LogP contribution in [0.4, 0.5) is 5.95 Å². The number of rotatable bonds is 2. The Hall–Kier alpha value is -1.60. The summed E-state index contributed by atoms with van der Waals surface area (Å²) >= 11 is 6.89. The molecule has 0 saturated carbocycles. The van der Waals surface area contributed by atoms with Gasteiger partial charge in [-0.15, -0.1) is 5.10 Å². The minimum absolute atomic E-state index is 0.174. The molecule has 0 aromatic carbocycles. The minimum Gasteiger partial charge on any atom is -0.290 e. The Morgan fingerprint density at radius 2 is 2.05 bits per heavy atom. The van der Waals surface area contributed by atoms with E-state index in [1.54, 1.807) is 13.0 Å². The van der Waals surface area contributed by atoms with Crippen molar-refractivity contribution >= 4 is 35.0 Å². The average molecular weight is 312 g/mol. The topological polar surface area (TPSA) is 80.7 Å². The van der Waals surface area contributed by atoms with E-state index in [2.05, 4.69) is 24.9 Å². The number of carbonyl (C=O) groups is 1. The number of aryl methyl sites for hydroxylation is 1. The van der Waals surface area contributed by atoms with Gasteiger partial charge in [-0.1, -0.05) is 36.9 Å². The van der Waals surface area contributed by atoms with E-state index >= 15 is 0 Å². The van der Waals surface area contributed by atoms with Gasteiger partial charge in [-0.05, 0) is 24.5 Å². The smallest absolute Gasteiger partial charge is 0.271 e. The lowest BCUT2D eigenvalue weighted by atomic mass is 9.91. The number of hydrogen-bond donors (Lipinski definition) is 1. The standard InChI is InChI=1S/C12H14ClN5OS/c1-6-5-7(13)15-11(14-6)16-10(19)8-9(12(2,3)4)17-18-20-8/h5H,1-4H3,(H,14,15,16,19). The molecule has 0 aliphatic heterocycles. The second-order valence-electron chi connectivity index (χ2n) is 5.31. The third-order valence-corrected chi connectivity index (χ3v) is 3.37. The average Bonchev–Trinajstić information content (AvgIpc) is 2.75. The van der Waals surface area contributed by atoms with Crippen molar-refractivity contribution in [3.63, 3.8) is 0 Å². The van der Waals surface area contributed by atoms with Crippen LogP contribution in [0.5, 0.6) is 0 Å². The Bertz CT molecular complexity index is 629. The molecular formula is C12H14ClN5OS. The molecule has 0 atom stereocenters. The van der Waals surface area contributed by atoms with E-state index in [0.29, 0.717) is 16.3 Å². The van der Waals surface area contributed by atoms with Crippen LogP contribution in [-0.4, -0.2) is 25.5 Å². The van der Waals surface area contributed by atoms with Crippen LogP contribution >= 0.6 is 23.1 Å². The highest BCUT2D eigenvalue weighted by Gasteiger charge is 2.26. The molecule has 8 heteroatoms. The molecule has 106 valence electrons. The van der Waals surface area contributed by atoms with E-state index in [9.17, 15) is 4.79 Å². The van der Waals surface area contributed by atoms with E-state index in [-0.39, 0.29) is 22.4 Å². The summed E-state index contributed by atoms with van der Waals surface area (Å²) in [6, 6.07) is 1.62.